The summed E-state index contributed by atoms with van der Waals surface area (Å²) in [6, 6.07) is 33.9. The smallest absolute Gasteiger partial charge is 0.319 e. The number of anilines is 1. The Balaban J connectivity index is 1.44. The molecule has 0 radical (unpaired) electrons. The molecule has 7 heteroatoms. The van der Waals surface area contributed by atoms with E-state index in [1.54, 1.807) is 24.3 Å². The van der Waals surface area contributed by atoms with Crippen LogP contribution in [0, 0.1) is 0 Å². The lowest BCUT2D eigenvalue weighted by Gasteiger charge is -2.24. The van der Waals surface area contributed by atoms with E-state index in [9.17, 15) is 18.0 Å². The highest BCUT2D eigenvalue weighted by atomic mass is 19.4. The van der Waals surface area contributed by atoms with Crippen molar-refractivity contribution in [3.05, 3.63) is 120 Å². The number of benzene rings is 4. The molecule has 4 nitrogen and oxygen atoms in total. The molecule has 0 N–H and O–H groups in total. The second kappa shape index (κ2) is 10.9. The van der Waals surface area contributed by atoms with Crippen LogP contribution < -0.4 is 4.90 Å². The maximum atomic E-state index is 13.5. The minimum absolute atomic E-state index is 0.0426. The van der Waals surface area contributed by atoms with E-state index in [1.165, 1.54) is 0 Å². The third-order valence-electron chi connectivity index (χ3n) is 6.45. The van der Waals surface area contributed by atoms with Crippen LogP contribution in [0.2, 0.25) is 0 Å². The zero-order chi connectivity index (χ0) is 26.5. The van der Waals surface area contributed by atoms with Crippen LogP contribution in [0.25, 0.3) is 22.4 Å². The molecule has 5 rings (SSSR count). The van der Waals surface area contributed by atoms with Gasteiger partial charge in [0.25, 0.3) is 0 Å². The molecule has 192 valence electrons. The van der Waals surface area contributed by atoms with Gasteiger partial charge in [-0.25, -0.2) is 4.98 Å². The second-order valence-electron chi connectivity index (χ2n) is 9.09. The molecule has 5 aromatic rings. The van der Waals surface area contributed by atoms with Crippen LogP contribution in [-0.2, 0) is 17.8 Å². The number of para-hydroxylation sites is 2. The summed E-state index contributed by atoms with van der Waals surface area (Å²) in [5.74, 6) is -1.16. The van der Waals surface area contributed by atoms with Crippen molar-refractivity contribution in [1.29, 1.82) is 0 Å². The van der Waals surface area contributed by atoms with Crippen LogP contribution in [0.3, 0.4) is 0 Å². The molecular weight excluding hydrogens is 487 g/mol. The fourth-order valence-corrected chi connectivity index (χ4v) is 4.60. The Kier molecular flexibility index (Phi) is 7.26. The van der Waals surface area contributed by atoms with Crippen molar-refractivity contribution in [3.8, 4) is 11.4 Å². The van der Waals surface area contributed by atoms with Gasteiger partial charge in [-0.05, 0) is 60.4 Å². The number of amides is 1. The molecule has 0 unspecified atom stereocenters. The number of imidazole rings is 1. The van der Waals surface area contributed by atoms with Gasteiger partial charge in [-0.1, -0.05) is 72.8 Å². The molecule has 4 aromatic carbocycles. The SMILES string of the molecule is O=C(N(CCCc1ccccc1)c1ccc(-c2nc3ccccc3n2Cc2ccccc2)cc1)C(F)(F)F. The predicted molar refractivity (Wildman–Crippen MR) is 144 cm³/mol. The number of nitrogens with zero attached hydrogens (tertiary/aromatic N) is 3. The molecule has 0 saturated heterocycles. The van der Waals surface area contributed by atoms with E-state index in [1.807, 2.05) is 84.9 Å². The monoisotopic (exact) mass is 513 g/mol. The maximum absolute atomic E-state index is 13.5. The zero-order valence-corrected chi connectivity index (χ0v) is 20.6. The van der Waals surface area contributed by atoms with Gasteiger partial charge in [0.1, 0.15) is 5.82 Å². The number of carbonyl (C=O) groups is 1. The minimum Gasteiger partial charge on any atom is -0.319 e. The zero-order valence-electron chi connectivity index (χ0n) is 20.6. The molecule has 1 aromatic heterocycles. The Morgan fingerprint density at radius 3 is 2.03 bits per heavy atom. The highest BCUT2D eigenvalue weighted by Gasteiger charge is 2.42. The minimum atomic E-state index is -4.96. The molecule has 0 aliphatic heterocycles. The van der Waals surface area contributed by atoms with Crippen molar-refractivity contribution >= 4 is 22.6 Å². The molecule has 0 aliphatic carbocycles. The maximum Gasteiger partial charge on any atom is 0.471 e. The number of aryl methyl sites for hydroxylation is 1. The molecule has 1 heterocycles. The van der Waals surface area contributed by atoms with Crippen LogP contribution in [0.4, 0.5) is 18.9 Å². The van der Waals surface area contributed by atoms with E-state index in [4.69, 9.17) is 4.98 Å². The van der Waals surface area contributed by atoms with E-state index in [0.29, 0.717) is 25.2 Å². The van der Waals surface area contributed by atoms with E-state index in [0.717, 1.165) is 32.6 Å². The molecule has 38 heavy (non-hydrogen) atoms. The van der Waals surface area contributed by atoms with Gasteiger partial charge >= 0.3 is 12.1 Å². The molecular formula is C31H26F3N3O. The van der Waals surface area contributed by atoms with Crippen molar-refractivity contribution in [1.82, 2.24) is 9.55 Å². The number of hydrogen-bond donors (Lipinski definition) is 0. The van der Waals surface area contributed by atoms with E-state index in [-0.39, 0.29) is 12.2 Å². The average Bonchev–Trinajstić information content (AvgIpc) is 3.30. The number of rotatable bonds is 8. The Morgan fingerprint density at radius 2 is 1.37 bits per heavy atom. The van der Waals surface area contributed by atoms with Crippen molar-refractivity contribution in [2.45, 2.75) is 25.6 Å². The third-order valence-corrected chi connectivity index (χ3v) is 6.45. The number of hydrogen-bond acceptors (Lipinski definition) is 2. The quantitative estimate of drug-likeness (QED) is 0.219. The van der Waals surface area contributed by atoms with Gasteiger partial charge in [-0.3, -0.25) is 4.79 Å². The fourth-order valence-electron chi connectivity index (χ4n) is 4.60. The van der Waals surface area contributed by atoms with Crippen LogP contribution in [-0.4, -0.2) is 28.2 Å². The van der Waals surface area contributed by atoms with Gasteiger partial charge in [-0.2, -0.15) is 13.2 Å². The normalized spacial score (nSPS) is 11.6. The number of halogens is 3. The summed E-state index contributed by atoms with van der Waals surface area (Å²) in [7, 11) is 0. The molecule has 1 amide bonds. The molecule has 0 spiro atoms. The van der Waals surface area contributed by atoms with Gasteiger partial charge in [0, 0.05) is 24.3 Å². The number of fused-ring (bicyclic) bond motifs is 1. The summed E-state index contributed by atoms with van der Waals surface area (Å²) in [6.07, 6.45) is -3.99. The average molecular weight is 514 g/mol. The molecule has 0 bridgehead atoms. The summed E-state index contributed by atoms with van der Waals surface area (Å²) < 4.78 is 42.5. The van der Waals surface area contributed by atoms with Gasteiger partial charge in [0.2, 0.25) is 0 Å². The van der Waals surface area contributed by atoms with E-state index in [2.05, 4.69) is 4.57 Å². The van der Waals surface area contributed by atoms with Gasteiger partial charge in [0.15, 0.2) is 0 Å². The summed E-state index contributed by atoms with van der Waals surface area (Å²) in [5.41, 5.74) is 4.87. The highest BCUT2D eigenvalue weighted by Crippen LogP contribution is 2.30. The lowest BCUT2D eigenvalue weighted by Crippen LogP contribution is -2.42. The Labute approximate surface area is 219 Å². The van der Waals surface area contributed by atoms with Crippen LogP contribution >= 0.6 is 0 Å². The fraction of sp³-hybridized carbons (Fsp3) is 0.161. The topological polar surface area (TPSA) is 38.1 Å². The van der Waals surface area contributed by atoms with Crippen molar-refractivity contribution in [3.63, 3.8) is 0 Å². The van der Waals surface area contributed by atoms with Crippen LogP contribution in [0.5, 0.6) is 0 Å². The number of aromatic nitrogens is 2. The molecule has 0 fully saturated rings. The summed E-state index contributed by atoms with van der Waals surface area (Å²) in [4.78, 5) is 18.0. The lowest BCUT2D eigenvalue weighted by atomic mass is 10.1. The lowest BCUT2D eigenvalue weighted by molar-refractivity contribution is -0.170. The largest absolute Gasteiger partial charge is 0.471 e. The number of carbonyl (C=O) groups excluding carboxylic acids is 1. The molecule has 0 aliphatic rings. The summed E-state index contributed by atoms with van der Waals surface area (Å²) in [5, 5.41) is 0. The summed E-state index contributed by atoms with van der Waals surface area (Å²) >= 11 is 0. The van der Waals surface area contributed by atoms with Crippen LogP contribution in [0.1, 0.15) is 17.5 Å². The van der Waals surface area contributed by atoms with Gasteiger partial charge < -0.3 is 9.47 Å². The van der Waals surface area contributed by atoms with E-state index >= 15 is 0 Å². The number of alkyl halides is 3. The Bertz CT molecular complexity index is 1510. The predicted octanol–water partition coefficient (Wildman–Crippen LogP) is 7.28. The molecule has 0 atom stereocenters. The first kappa shape index (κ1) is 25.3. The van der Waals surface area contributed by atoms with Crippen molar-refractivity contribution in [2.24, 2.45) is 0 Å². The van der Waals surface area contributed by atoms with Crippen molar-refractivity contribution in [2.75, 3.05) is 11.4 Å². The highest BCUT2D eigenvalue weighted by molar-refractivity contribution is 5.97. The second-order valence-corrected chi connectivity index (χ2v) is 9.09. The van der Waals surface area contributed by atoms with Gasteiger partial charge in [0.05, 0.1) is 11.0 Å². The van der Waals surface area contributed by atoms with E-state index < -0.39 is 12.1 Å². The van der Waals surface area contributed by atoms with Crippen LogP contribution in [0.15, 0.2) is 109 Å². The van der Waals surface area contributed by atoms with Crippen molar-refractivity contribution < 1.29 is 18.0 Å². The first-order chi connectivity index (χ1) is 18.4. The van der Waals surface area contributed by atoms with Gasteiger partial charge in [-0.15, -0.1) is 0 Å². The summed E-state index contributed by atoms with van der Waals surface area (Å²) in [6.45, 7) is 0.551. The molecule has 0 saturated carbocycles. The third kappa shape index (κ3) is 5.62. The first-order valence-corrected chi connectivity index (χ1v) is 12.4. The standard InChI is InChI=1S/C31H26F3N3O/c32-31(33,34)30(38)36(21-9-14-23-10-3-1-4-11-23)26-19-17-25(18-20-26)29-35-27-15-7-8-16-28(27)37(29)22-24-12-5-2-6-13-24/h1-8,10-13,15-20H,9,14,21-22H2. The Morgan fingerprint density at radius 1 is 0.763 bits per heavy atom. The first-order valence-electron chi connectivity index (χ1n) is 12.4. The Hall–Kier alpha value is -4.39.